The Balaban J connectivity index is 1.28. The lowest BCUT2D eigenvalue weighted by molar-refractivity contribution is -0.140. The fraction of sp³-hybridized carbons (Fsp3) is 0.406. The van der Waals surface area contributed by atoms with E-state index in [2.05, 4.69) is 25.1 Å². The molecule has 2 aromatic heterocycles. The minimum Gasteiger partial charge on any atom is -0.351 e. The Labute approximate surface area is 294 Å². The van der Waals surface area contributed by atoms with Crippen LogP contribution in [0.3, 0.4) is 0 Å². The second kappa shape index (κ2) is 12.6. The number of anilines is 3. The van der Waals surface area contributed by atoms with Crippen molar-refractivity contribution in [2.75, 3.05) is 46.6 Å². The fourth-order valence-corrected chi connectivity index (χ4v) is 12.0. The summed E-state index contributed by atoms with van der Waals surface area (Å²) in [6.45, 7) is 5.49. The maximum Gasteiger partial charge on any atom is 0.417 e. The number of sulfone groups is 1. The molecule has 2 aromatic carbocycles. The molecule has 3 fully saturated rings. The molecule has 2 saturated heterocycles. The molecule has 4 aromatic rings. The van der Waals surface area contributed by atoms with Gasteiger partial charge in [0.05, 0.1) is 39.0 Å². The van der Waals surface area contributed by atoms with E-state index in [1.54, 1.807) is 6.07 Å². The minimum atomic E-state index is -5.28. The first-order valence-corrected chi connectivity index (χ1v) is 20.0. The second-order valence-electron chi connectivity index (χ2n) is 13.2. The zero-order valence-corrected chi connectivity index (χ0v) is 29.8. The molecule has 0 unspecified atom stereocenters. The van der Waals surface area contributed by atoms with Crippen molar-refractivity contribution in [1.29, 1.82) is 0 Å². The van der Waals surface area contributed by atoms with E-state index in [-0.39, 0.29) is 58.7 Å². The van der Waals surface area contributed by atoms with Gasteiger partial charge < -0.3 is 15.1 Å². The van der Waals surface area contributed by atoms with Gasteiger partial charge in [0.2, 0.25) is 5.95 Å². The molecule has 0 bridgehead atoms. The lowest BCUT2D eigenvalue weighted by atomic mass is 10.1. The van der Waals surface area contributed by atoms with Gasteiger partial charge in [0.15, 0.2) is 20.8 Å². The smallest absolute Gasteiger partial charge is 0.351 e. The van der Waals surface area contributed by atoms with Crippen LogP contribution in [0.25, 0.3) is 21.8 Å². The predicted molar refractivity (Wildman–Crippen MR) is 183 cm³/mol. The Morgan fingerprint density at radius 2 is 1.63 bits per heavy atom. The standard InChI is InChI=1S/C32H32F5N7O4S3/c1-16-12-43(3)13-17(2)44(16)31-41-27(28(49-31)24-10-11-38-30(39-24)40-26-19-14-50(45,46)15-20(19)26)18-6-4-9-23(25(18)34)42-51(47,48)29-21(32(35,36)37)7-5-8-22(29)33/h4-11,16-17,19-20,26,42H,12-15H2,1-3H3,(H,38,39,40)/t16-,17-,19-,20+,26+/m0/s1. The number of fused-ring (bicyclic) bond motifs is 1. The summed E-state index contributed by atoms with van der Waals surface area (Å²) in [5.41, 5.74) is -2.19. The maximum atomic E-state index is 16.5. The van der Waals surface area contributed by atoms with E-state index in [1.807, 2.05) is 25.6 Å². The molecule has 51 heavy (non-hydrogen) atoms. The van der Waals surface area contributed by atoms with Crippen LogP contribution in [-0.4, -0.2) is 86.5 Å². The van der Waals surface area contributed by atoms with Gasteiger partial charge in [0, 0.05) is 43.0 Å². The van der Waals surface area contributed by atoms with Crippen LogP contribution in [0.4, 0.5) is 38.7 Å². The molecule has 7 rings (SSSR count). The molecule has 0 radical (unpaired) electrons. The van der Waals surface area contributed by atoms with Crippen LogP contribution in [0, 0.1) is 23.5 Å². The molecule has 3 aliphatic rings. The van der Waals surface area contributed by atoms with Crippen molar-refractivity contribution >= 4 is 48.0 Å². The molecule has 11 nitrogen and oxygen atoms in total. The number of benzene rings is 2. The highest BCUT2D eigenvalue weighted by Gasteiger charge is 2.59. The topological polar surface area (TPSA) is 137 Å². The van der Waals surface area contributed by atoms with Crippen molar-refractivity contribution in [2.45, 2.75) is 43.0 Å². The second-order valence-corrected chi connectivity index (χ2v) is 18.0. The summed E-state index contributed by atoms with van der Waals surface area (Å²) in [6, 6.07) is 6.90. The Kier molecular flexibility index (Phi) is 8.78. The highest BCUT2D eigenvalue weighted by Crippen LogP contribution is 2.49. The number of piperazine rings is 1. The molecular formula is C32H32F5N7O4S3. The van der Waals surface area contributed by atoms with Crippen LogP contribution in [0.2, 0.25) is 0 Å². The third kappa shape index (κ3) is 6.75. The van der Waals surface area contributed by atoms with E-state index in [1.165, 1.54) is 29.7 Å². The van der Waals surface area contributed by atoms with Crippen molar-refractivity contribution < 1.29 is 38.8 Å². The van der Waals surface area contributed by atoms with Crippen LogP contribution in [0.5, 0.6) is 0 Å². The minimum absolute atomic E-state index is 0.00497. The van der Waals surface area contributed by atoms with E-state index in [9.17, 15) is 34.4 Å². The number of hydrogen-bond donors (Lipinski definition) is 2. The number of rotatable bonds is 8. The van der Waals surface area contributed by atoms with Crippen molar-refractivity contribution in [3.8, 4) is 21.8 Å². The predicted octanol–water partition coefficient (Wildman–Crippen LogP) is 5.35. The molecule has 0 amide bonds. The summed E-state index contributed by atoms with van der Waals surface area (Å²) in [4.78, 5) is 16.8. The molecule has 2 aliphatic heterocycles. The van der Waals surface area contributed by atoms with Crippen molar-refractivity contribution in [3.05, 3.63) is 65.9 Å². The lowest BCUT2D eigenvalue weighted by Crippen LogP contribution is -2.55. The van der Waals surface area contributed by atoms with Crippen LogP contribution >= 0.6 is 11.3 Å². The summed E-state index contributed by atoms with van der Waals surface area (Å²) in [6.07, 6.45) is -3.71. The summed E-state index contributed by atoms with van der Waals surface area (Å²) in [7, 11) is -6.34. The highest BCUT2D eigenvalue weighted by molar-refractivity contribution is 7.92. The van der Waals surface area contributed by atoms with Crippen LogP contribution in [-0.2, 0) is 26.0 Å². The fourth-order valence-electron chi connectivity index (χ4n) is 7.21. The van der Waals surface area contributed by atoms with Gasteiger partial charge in [0.25, 0.3) is 10.0 Å². The van der Waals surface area contributed by atoms with Gasteiger partial charge in [-0.15, -0.1) is 0 Å². The number of halogens is 5. The summed E-state index contributed by atoms with van der Waals surface area (Å²) in [5, 5.41) is 3.75. The summed E-state index contributed by atoms with van der Waals surface area (Å²) < 4.78 is 124. The molecule has 0 spiro atoms. The normalized spacial score (nSPS) is 24.7. The zero-order valence-electron chi connectivity index (χ0n) is 27.3. The van der Waals surface area contributed by atoms with Gasteiger partial charge >= 0.3 is 6.18 Å². The SMILES string of the molecule is C[C@H]1CN(C)C[C@H](C)N1c1nc(-c2cccc(NS(=O)(=O)c3c(F)cccc3C(F)(F)F)c2F)c(-c2ccnc(N[C@H]3[C@@H]4CS(=O)(=O)C[C@@H]43)n2)s1. The molecular weight excluding hydrogens is 738 g/mol. The van der Waals surface area contributed by atoms with E-state index in [0.29, 0.717) is 27.8 Å². The Hall–Kier alpha value is -3.94. The number of thiazole rings is 1. The van der Waals surface area contributed by atoms with Gasteiger partial charge in [0.1, 0.15) is 10.7 Å². The molecule has 19 heteroatoms. The van der Waals surface area contributed by atoms with Gasteiger partial charge in [-0.05, 0) is 63.1 Å². The van der Waals surface area contributed by atoms with Crippen LogP contribution in [0.15, 0.2) is 53.6 Å². The number of aromatic nitrogens is 3. The first kappa shape index (κ1) is 35.5. The largest absolute Gasteiger partial charge is 0.417 e. The Morgan fingerprint density at radius 3 is 2.29 bits per heavy atom. The molecule has 1 aliphatic carbocycles. The lowest BCUT2D eigenvalue weighted by Gasteiger charge is -2.43. The zero-order chi connectivity index (χ0) is 36.6. The van der Waals surface area contributed by atoms with Crippen molar-refractivity contribution in [1.82, 2.24) is 19.9 Å². The van der Waals surface area contributed by atoms with Gasteiger partial charge in [-0.1, -0.05) is 23.5 Å². The molecule has 1 saturated carbocycles. The maximum absolute atomic E-state index is 16.5. The van der Waals surface area contributed by atoms with Crippen LogP contribution in [0.1, 0.15) is 19.4 Å². The third-order valence-corrected chi connectivity index (χ3v) is 13.7. The number of sulfonamides is 1. The first-order chi connectivity index (χ1) is 23.9. The molecule has 4 heterocycles. The van der Waals surface area contributed by atoms with E-state index in [4.69, 9.17) is 4.98 Å². The number of nitrogens with zero attached hydrogens (tertiary/aromatic N) is 5. The average molecular weight is 770 g/mol. The van der Waals surface area contributed by atoms with Gasteiger partial charge in [-0.2, -0.15) is 13.2 Å². The van der Waals surface area contributed by atoms with E-state index >= 15 is 4.39 Å². The van der Waals surface area contributed by atoms with E-state index < -0.39 is 53.8 Å². The third-order valence-electron chi connectivity index (χ3n) is 9.39. The number of hydrogen-bond acceptors (Lipinski definition) is 11. The number of alkyl halides is 3. The summed E-state index contributed by atoms with van der Waals surface area (Å²) >= 11 is 1.23. The molecule has 5 atom stereocenters. The monoisotopic (exact) mass is 769 g/mol. The molecule has 272 valence electrons. The van der Waals surface area contributed by atoms with Gasteiger partial charge in [-0.3, -0.25) is 4.72 Å². The average Bonchev–Trinajstić information content (AvgIpc) is 3.32. The first-order valence-electron chi connectivity index (χ1n) is 15.9. The Bertz CT molecular complexity index is 2210. The number of likely N-dealkylation sites (N-methyl/N-ethyl adjacent to an activating group) is 1. The molecule has 2 N–H and O–H groups in total. The summed E-state index contributed by atoms with van der Waals surface area (Å²) in [5.74, 6) is -2.46. The number of nitrogens with one attached hydrogen (secondary N) is 2. The van der Waals surface area contributed by atoms with Crippen molar-refractivity contribution in [2.24, 2.45) is 11.8 Å². The van der Waals surface area contributed by atoms with Crippen LogP contribution < -0.4 is 14.9 Å². The van der Waals surface area contributed by atoms with E-state index in [0.717, 1.165) is 25.2 Å². The Morgan fingerprint density at radius 1 is 0.961 bits per heavy atom. The highest BCUT2D eigenvalue weighted by atomic mass is 32.2. The van der Waals surface area contributed by atoms with Crippen molar-refractivity contribution in [3.63, 3.8) is 0 Å². The van der Waals surface area contributed by atoms with Gasteiger partial charge in [-0.25, -0.2) is 40.6 Å². The quantitative estimate of drug-likeness (QED) is 0.226.